The summed E-state index contributed by atoms with van der Waals surface area (Å²) in [6.07, 6.45) is -4.44. The van der Waals surface area contributed by atoms with E-state index < -0.39 is 52.7 Å². The van der Waals surface area contributed by atoms with Crippen molar-refractivity contribution in [2.24, 2.45) is 0 Å². The number of halogens is 4. The number of hydrogen-bond donors (Lipinski definition) is 0. The van der Waals surface area contributed by atoms with Gasteiger partial charge in [-0.25, -0.2) is 19.2 Å². The predicted molar refractivity (Wildman–Crippen MR) is 155 cm³/mol. The summed E-state index contributed by atoms with van der Waals surface area (Å²) in [5.74, 6) is -0.570. The van der Waals surface area contributed by atoms with Gasteiger partial charge < -0.3 is 14.4 Å². The third kappa shape index (κ3) is 4.59. The summed E-state index contributed by atoms with van der Waals surface area (Å²) in [5, 5.41) is 9.88. The Bertz CT molecular complexity index is 1760. The zero-order valence-electron chi connectivity index (χ0n) is 25.6. The molecule has 3 aliphatic heterocycles. The SMILES string of the molecule is Cc1cc(C#N)cc(-c2nc3c4c(nc(C)c(C)c4c2F)N2C[C@H]4CC[C@@H]([C@H]2[C@H](C)O3)N4C(=O)OC(C)(C)C)c1C(F)(F)F. The normalized spacial score (nSPS) is 22.8. The van der Waals surface area contributed by atoms with Crippen LogP contribution in [-0.4, -0.2) is 57.3 Å². The number of carbonyl (C=O) groups is 1. The fourth-order valence-electron chi connectivity index (χ4n) is 7.09. The summed E-state index contributed by atoms with van der Waals surface area (Å²) in [4.78, 5) is 26.4. The lowest BCUT2D eigenvalue weighted by Gasteiger charge is -2.48. The highest BCUT2D eigenvalue weighted by Crippen LogP contribution is 2.49. The first-order valence-electron chi connectivity index (χ1n) is 14.6. The van der Waals surface area contributed by atoms with Crippen LogP contribution in [0.4, 0.5) is 28.2 Å². The molecule has 0 N–H and O–H groups in total. The molecule has 6 rings (SSSR count). The zero-order chi connectivity index (χ0) is 32.0. The van der Waals surface area contributed by atoms with Gasteiger partial charge in [0.1, 0.15) is 23.2 Å². The number of rotatable bonds is 1. The molecule has 44 heavy (non-hydrogen) atoms. The summed E-state index contributed by atoms with van der Waals surface area (Å²) in [5.41, 5.74) is -2.16. The Hall–Kier alpha value is -4.14. The van der Waals surface area contributed by atoms with Crippen molar-refractivity contribution in [2.75, 3.05) is 11.4 Å². The summed E-state index contributed by atoms with van der Waals surface area (Å²) in [6.45, 7) is 12.3. The fraction of sp³-hybridized carbons (Fsp3) is 0.500. The number of carbonyl (C=O) groups excluding carboxylic acids is 1. The first kappa shape index (κ1) is 29.9. The van der Waals surface area contributed by atoms with Crippen LogP contribution in [0.1, 0.15) is 68.5 Å². The molecule has 0 saturated carbocycles. The van der Waals surface area contributed by atoms with E-state index in [1.807, 2.05) is 38.7 Å². The minimum Gasteiger partial charge on any atom is -0.472 e. The van der Waals surface area contributed by atoms with Crippen LogP contribution in [0.5, 0.6) is 5.88 Å². The zero-order valence-corrected chi connectivity index (χ0v) is 25.6. The Kier molecular flexibility index (Phi) is 6.76. The summed E-state index contributed by atoms with van der Waals surface area (Å²) >= 11 is 0. The molecular formula is C32H33F4N5O3. The van der Waals surface area contributed by atoms with E-state index in [-0.39, 0.29) is 39.9 Å². The number of amides is 1. The Labute approximate surface area is 252 Å². The molecule has 2 fully saturated rings. The lowest BCUT2D eigenvalue weighted by molar-refractivity contribution is -0.137. The highest BCUT2D eigenvalue weighted by atomic mass is 19.4. The molecule has 5 heterocycles. The van der Waals surface area contributed by atoms with E-state index in [1.54, 1.807) is 18.7 Å². The van der Waals surface area contributed by atoms with Crippen LogP contribution in [0.15, 0.2) is 12.1 Å². The van der Waals surface area contributed by atoms with Gasteiger partial charge in [-0.1, -0.05) is 0 Å². The third-order valence-electron chi connectivity index (χ3n) is 8.89. The number of hydrogen-bond acceptors (Lipinski definition) is 7. The molecule has 0 radical (unpaired) electrons. The molecule has 3 aromatic rings. The number of piperazine rings is 1. The maximum atomic E-state index is 16.7. The summed E-state index contributed by atoms with van der Waals surface area (Å²) in [6, 6.07) is 3.12. The third-order valence-corrected chi connectivity index (χ3v) is 8.89. The average molecular weight is 612 g/mol. The summed E-state index contributed by atoms with van der Waals surface area (Å²) in [7, 11) is 0. The van der Waals surface area contributed by atoms with Gasteiger partial charge in [-0.2, -0.15) is 18.4 Å². The van der Waals surface area contributed by atoms with Crippen LogP contribution in [-0.2, 0) is 10.9 Å². The van der Waals surface area contributed by atoms with Crippen molar-refractivity contribution in [3.63, 3.8) is 0 Å². The molecule has 0 unspecified atom stereocenters. The standard InChI is InChI=1S/C32H33F4N5O3/c1-14-10-18(12-37)11-20(24(14)32(34,35)36)26-25(33)22-15(2)16(3)38-28-23(22)29(39-26)43-17(4)27-21-9-8-19(13-40(27)28)41(21)30(42)44-31(5,6)7/h10-11,17,19,21,27H,8-9,13H2,1-7H3/t17-,19+,21-,27+/m0/s1. The van der Waals surface area contributed by atoms with Gasteiger partial charge in [0.2, 0.25) is 5.88 Å². The molecule has 2 saturated heterocycles. The van der Waals surface area contributed by atoms with Gasteiger partial charge in [-0.15, -0.1) is 0 Å². The Morgan fingerprint density at radius 3 is 2.45 bits per heavy atom. The minimum absolute atomic E-state index is 0.0447. The van der Waals surface area contributed by atoms with E-state index in [0.717, 1.165) is 18.6 Å². The van der Waals surface area contributed by atoms with Crippen molar-refractivity contribution in [3.8, 4) is 23.2 Å². The van der Waals surface area contributed by atoms with Crippen molar-refractivity contribution < 1.29 is 31.8 Å². The Balaban J connectivity index is 1.58. The second-order valence-electron chi connectivity index (χ2n) is 13.0. The largest absolute Gasteiger partial charge is 0.472 e. The highest BCUT2D eigenvalue weighted by Gasteiger charge is 2.54. The number of fused-ring (bicyclic) bond motifs is 5. The monoisotopic (exact) mass is 611 g/mol. The first-order chi connectivity index (χ1) is 20.5. The number of ether oxygens (including phenoxy) is 2. The number of aryl methyl sites for hydroxylation is 3. The highest BCUT2D eigenvalue weighted by molar-refractivity contribution is 6.01. The van der Waals surface area contributed by atoms with Gasteiger partial charge in [0.25, 0.3) is 0 Å². The first-order valence-corrected chi connectivity index (χ1v) is 14.6. The van der Waals surface area contributed by atoms with Crippen molar-refractivity contribution in [1.29, 1.82) is 5.26 Å². The van der Waals surface area contributed by atoms with E-state index in [1.165, 1.54) is 6.92 Å². The quantitative estimate of drug-likeness (QED) is 0.274. The van der Waals surface area contributed by atoms with Crippen molar-refractivity contribution in [3.05, 3.63) is 45.9 Å². The molecule has 0 spiro atoms. The molecule has 3 aliphatic rings. The minimum atomic E-state index is -4.84. The number of aromatic nitrogens is 2. The molecule has 4 atom stereocenters. The molecule has 2 bridgehead atoms. The van der Waals surface area contributed by atoms with Gasteiger partial charge in [0, 0.05) is 23.2 Å². The molecule has 8 nitrogen and oxygen atoms in total. The number of benzene rings is 1. The molecule has 1 aromatic carbocycles. The lowest BCUT2D eigenvalue weighted by atomic mass is 9.93. The Morgan fingerprint density at radius 2 is 1.82 bits per heavy atom. The van der Waals surface area contributed by atoms with E-state index in [4.69, 9.17) is 14.5 Å². The van der Waals surface area contributed by atoms with Gasteiger partial charge in [-0.3, -0.25) is 4.90 Å². The van der Waals surface area contributed by atoms with Crippen LogP contribution in [0.2, 0.25) is 0 Å². The van der Waals surface area contributed by atoms with E-state index in [2.05, 4.69) is 4.98 Å². The van der Waals surface area contributed by atoms with Crippen molar-refractivity contribution in [2.45, 2.75) is 97.3 Å². The van der Waals surface area contributed by atoms with Crippen LogP contribution < -0.4 is 9.64 Å². The second kappa shape index (κ2) is 9.94. The molecule has 1 amide bonds. The van der Waals surface area contributed by atoms with Crippen LogP contribution in [0, 0.1) is 37.9 Å². The number of nitrogens with zero attached hydrogens (tertiary/aromatic N) is 5. The fourth-order valence-corrected chi connectivity index (χ4v) is 7.09. The number of alkyl halides is 3. The van der Waals surface area contributed by atoms with Gasteiger partial charge in [0.05, 0.1) is 40.7 Å². The second-order valence-corrected chi connectivity index (χ2v) is 13.0. The summed E-state index contributed by atoms with van der Waals surface area (Å²) < 4.78 is 72.0. The molecule has 2 aromatic heterocycles. The lowest BCUT2D eigenvalue weighted by Crippen LogP contribution is -2.65. The van der Waals surface area contributed by atoms with Crippen molar-refractivity contribution in [1.82, 2.24) is 14.9 Å². The topological polar surface area (TPSA) is 91.6 Å². The van der Waals surface area contributed by atoms with E-state index in [0.29, 0.717) is 30.0 Å². The maximum Gasteiger partial charge on any atom is 0.417 e. The Morgan fingerprint density at radius 1 is 1.11 bits per heavy atom. The van der Waals surface area contributed by atoms with Crippen LogP contribution in [0.25, 0.3) is 22.0 Å². The van der Waals surface area contributed by atoms with Gasteiger partial charge in [-0.05, 0) is 84.6 Å². The predicted octanol–water partition coefficient (Wildman–Crippen LogP) is 6.99. The number of pyridine rings is 2. The van der Waals surface area contributed by atoms with Crippen molar-refractivity contribution >= 4 is 22.7 Å². The molecular weight excluding hydrogens is 578 g/mol. The van der Waals surface area contributed by atoms with Gasteiger partial charge >= 0.3 is 12.3 Å². The van der Waals surface area contributed by atoms with Crippen LogP contribution >= 0.6 is 0 Å². The molecule has 0 aliphatic carbocycles. The smallest absolute Gasteiger partial charge is 0.417 e. The number of nitriles is 1. The van der Waals surface area contributed by atoms with E-state index >= 15 is 4.39 Å². The van der Waals surface area contributed by atoms with Gasteiger partial charge in [0.15, 0.2) is 5.82 Å². The molecule has 232 valence electrons. The molecule has 12 heteroatoms. The van der Waals surface area contributed by atoms with Crippen LogP contribution in [0.3, 0.4) is 0 Å². The maximum absolute atomic E-state index is 16.7. The number of anilines is 1. The average Bonchev–Trinajstić information content (AvgIpc) is 3.16. The van der Waals surface area contributed by atoms with E-state index in [9.17, 15) is 23.2 Å².